The number of benzene rings is 2. The van der Waals surface area contributed by atoms with Crippen molar-refractivity contribution in [2.75, 3.05) is 19.0 Å². The van der Waals surface area contributed by atoms with Crippen LogP contribution in [0.3, 0.4) is 0 Å². The van der Waals surface area contributed by atoms with Crippen molar-refractivity contribution in [1.29, 1.82) is 5.41 Å². The summed E-state index contributed by atoms with van der Waals surface area (Å²) in [6, 6.07) is 7.53. The molecular weight excluding hydrogens is 594 g/mol. The van der Waals surface area contributed by atoms with Gasteiger partial charge < -0.3 is 30.2 Å². The number of carbonyl (C=O) groups excluding carboxylic acids is 1. The lowest BCUT2D eigenvalue weighted by molar-refractivity contribution is -0.109. The van der Waals surface area contributed by atoms with Crippen LogP contribution in [0.1, 0.15) is 33.1 Å². The minimum atomic E-state index is -0.648. The van der Waals surface area contributed by atoms with Crippen LogP contribution in [-0.4, -0.2) is 42.0 Å². The second kappa shape index (κ2) is 17.7. The highest BCUT2D eigenvalue weighted by atomic mass is 19.1. The molecular formula is C34H38F2N6O4. The third-order valence-corrected chi connectivity index (χ3v) is 6.49. The van der Waals surface area contributed by atoms with Crippen molar-refractivity contribution in [1.82, 2.24) is 20.6 Å². The summed E-state index contributed by atoms with van der Waals surface area (Å²) in [6.07, 6.45) is 10.9. The molecule has 12 heteroatoms. The number of nitrogens with zero attached hydrogens (tertiary/aromatic N) is 2. The van der Waals surface area contributed by atoms with Gasteiger partial charge in [-0.3, -0.25) is 10.2 Å². The molecule has 10 nitrogen and oxygen atoms in total. The van der Waals surface area contributed by atoms with E-state index < -0.39 is 11.6 Å². The number of methoxy groups -OCH3 is 1. The molecule has 3 aromatic rings. The predicted molar refractivity (Wildman–Crippen MR) is 177 cm³/mol. The number of carbonyl (C=O) groups is 1. The maximum atomic E-state index is 15.2. The molecule has 0 radical (unpaired) electrons. The van der Waals surface area contributed by atoms with Gasteiger partial charge in [0.25, 0.3) is 0 Å². The molecule has 46 heavy (non-hydrogen) atoms. The Morgan fingerprint density at radius 1 is 1.13 bits per heavy atom. The number of halogens is 2. The molecule has 0 aliphatic rings. The summed E-state index contributed by atoms with van der Waals surface area (Å²) in [4.78, 5) is 19.4. The van der Waals surface area contributed by atoms with Gasteiger partial charge in [0, 0.05) is 48.5 Å². The zero-order valence-corrected chi connectivity index (χ0v) is 26.0. The molecule has 2 aromatic carbocycles. The molecule has 4 N–H and O–H groups in total. The number of allylic oxidation sites excluding steroid dienone is 5. The molecule has 0 saturated carbocycles. The van der Waals surface area contributed by atoms with E-state index in [4.69, 9.17) is 19.6 Å². The number of rotatable bonds is 18. The number of nitrogens with one attached hydrogen (secondary N) is 4. The van der Waals surface area contributed by atoms with Crippen molar-refractivity contribution in [3.8, 4) is 17.2 Å². The van der Waals surface area contributed by atoms with Crippen molar-refractivity contribution in [2.24, 2.45) is 0 Å². The first-order valence-corrected chi connectivity index (χ1v) is 14.4. The Hall–Kier alpha value is -5.52. The summed E-state index contributed by atoms with van der Waals surface area (Å²) in [5.74, 6) is -0.0111. The summed E-state index contributed by atoms with van der Waals surface area (Å²) in [7, 11) is 1.52. The lowest BCUT2D eigenvalue weighted by Gasteiger charge is -2.21. The Bertz CT molecular complexity index is 1650. The van der Waals surface area contributed by atoms with Crippen LogP contribution in [0, 0.1) is 11.2 Å². The third-order valence-electron chi connectivity index (χ3n) is 6.49. The number of fused-ring (bicyclic) bond motifs is 1. The maximum Gasteiger partial charge on any atom is 0.213 e. The van der Waals surface area contributed by atoms with E-state index in [0.29, 0.717) is 71.7 Å². The van der Waals surface area contributed by atoms with E-state index >= 15 is 4.39 Å². The van der Waals surface area contributed by atoms with Crippen LogP contribution < -0.4 is 30.2 Å². The summed E-state index contributed by atoms with van der Waals surface area (Å²) < 4.78 is 46.3. The number of amides is 1. The van der Waals surface area contributed by atoms with E-state index in [1.807, 2.05) is 0 Å². The zero-order valence-electron chi connectivity index (χ0n) is 26.0. The van der Waals surface area contributed by atoms with E-state index in [9.17, 15) is 9.18 Å². The maximum absolute atomic E-state index is 15.2. The highest BCUT2D eigenvalue weighted by Crippen LogP contribution is 2.36. The monoisotopic (exact) mass is 632 g/mol. The van der Waals surface area contributed by atoms with Gasteiger partial charge in [-0.1, -0.05) is 12.7 Å². The molecule has 0 spiro atoms. The summed E-state index contributed by atoms with van der Waals surface area (Å²) >= 11 is 0. The van der Waals surface area contributed by atoms with Crippen LogP contribution in [0.15, 0.2) is 97.4 Å². The lowest BCUT2D eigenvalue weighted by Crippen LogP contribution is -2.24. The topological polar surface area (TPSA) is 130 Å². The first kappa shape index (κ1) is 35.0. The molecule has 3 rings (SSSR count). The molecule has 1 atom stereocenters. The minimum absolute atomic E-state index is 0.0929. The van der Waals surface area contributed by atoms with Gasteiger partial charge in [-0.25, -0.2) is 18.7 Å². The van der Waals surface area contributed by atoms with Crippen molar-refractivity contribution in [2.45, 2.75) is 39.2 Å². The Labute approximate surface area is 267 Å². The average molecular weight is 633 g/mol. The summed E-state index contributed by atoms with van der Waals surface area (Å²) in [5, 5.41) is 17.1. The fraction of sp³-hybridized carbons (Fsp3) is 0.235. The third kappa shape index (κ3) is 10.3. The number of aromatic nitrogens is 2. The van der Waals surface area contributed by atoms with Crippen LogP contribution in [0.25, 0.3) is 10.9 Å². The van der Waals surface area contributed by atoms with E-state index in [0.717, 1.165) is 6.07 Å². The van der Waals surface area contributed by atoms with Crippen molar-refractivity contribution >= 4 is 34.7 Å². The molecule has 0 saturated heterocycles. The standard InChI is InChI=1S/C34H38F2N6O4/c1-6-8-9-24(12-14-38-21-43)45-32-18-26-30(19-31(32)44-5)40-20-41-34(26)42-29-11-10-25(17-28(29)36)46-33(37)13-15-39-23(7-2)16-27(35)22(3)4/h6-7,10-11,13,15-21,24,37,39H,1-2,8-9,12,14H2,3-5H3,(H,38,43)(H,40,41,42)/b15-13-,23-16+,37-33?. The Kier molecular flexibility index (Phi) is 13.4. The van der Waals surface area contributed by atoms with E-state index in [-0.39, 0.29) is 23.4 Å². The Morgan fingerprint density at radius 2 is 1.93 bits per heavy atom. The summed E-state index contributed by atoms with van der Waals surface area (Å²) in [5.41, 5.74) is 1.55. The highest BCUT2D eigenvalue weighted by molar-refractivity contribution is 5.93. The lowest BCUT2D eigenvalue weighted by atomic mass is 10.1. The van der Waals surface area contributed by atoms with Crippen molar-refractivity contribution in [3.05, 3.63) is 103 Å². The highest BCUT2D eigenvalue weighted by Gasteiger charge is 2.17. The van der Waals surface area contributed by atoms with Gasteiger partial charge in [-0.2, -0.15) is 0 Å². The van der Waals surface area contributed by atoms with Gasteiger partial charge in [0.05, 0.1) is 18.3 Å². The van der Waals surface area contributed by atoms with Gasteiger partial charge in [0.1, 0.15) is 35.6 Å². The quantitative estimate of drug-likeness (QED) is 0.0290. The fourth-order valence-electron chi connectivity index (χ4n) is 4.07. The predicted octanol–water partition coefficient (Wildman–Crippen LogP) is 7.16. The molecule has 0 aliphatic carbocycles. The molecule has 1 heterocycles. The zero-order chi connectivity index (χ0) is 33.5. The molecule has 1 unspecified atom stereocenters. The first-order chi connectivity index (χ1) is 22.2. The molecule has 0 fully saturated rings. The minimum Gasteiger partial charge on any atom is -0.493 e. The van der Waals surface area contributed by atoms with Crippen molar-refractivity contribution in [3.63, 3.8) is 0 Å². The van der Waals surface area contributed by atoms with Crippen LogP contribution in [0.5, 0.6) is 17.2 Å². The van der Waals surface area contributed by atoms with E-state index in [1.165, 1.54) is 50.0 Å². The number of ether oxygens (including phenoxy) is 3. The normalized spacial score (nSPS) is 11.8. The van der Waals surface area contributed by atoms with Gasteiger partial charge >= 0.3 is 0 Å². The largest absolute Gasteiger partial charge is 0.493 e. The second-order valence-corrected chi connectivity index (χ2v) is 10.1. The van der Waals surface area contributed by atoms with Gasteiger partial charge in [-0.05, 0) is 62.6 Å². The fourth-order valence-corrected chi connectivity index (χ4v) is 4.07. The number of anilines is 2. The number of hydrogen-bond acceptors (Lipinski definition) is 9. The number of hydrogen-bond donors (Lipinski definition) is 4. The van der Waals surface area contributed by atoms with Crippen molar-refractivity contribution < 1.29 is 27.8 Å². The molecule has 242 valence electrons. The van der Waals surface area contributed by atoms with Crippen LogP contribution in [-0.2, 0) is 4.79 Å². The smallest absolute Gasteiger partial charge is 0.213 e. The van der Waals surface area contributed by atoms with Crippen LogP contribution in [0.2, 0.25) is 0 Å². The SMILES string of the molecule is C=CCCC(CCNC=O)Oc1cc2c(Nc3ccc(OC(=N)/C=C\N/C(C=C)=C/C(F)=C(C)C)cc3F)ncnc2cc1OC. The molecule has 1 amide bonds. The molecule has 0 bridgehead atoms. The van der Waals surface area contributed by atoms with Gasteiger partial charge in [0.2, 0.25) is 12.3 Å². The van der Waals surface area contributed by atoms with E-state index in [1.54, 1.807) is 32.1 Å². The Morgan fingerprint density at radius 3 is 2.61 bits per heavy atom. The molecule has 1 aromatic heterocycles. The van der Waals surface area contributed by atoms with Crippen LogP contribution >= 0.6 is 0 Å². The van der Waals surface area contributed by atoms with Gasteiger partial charge in [-0.15, -0.1) is 6.58 Å². The first-order valence-electron chi connectivity index (χ1n) is 14.4. The molecule has 0 aliphatic heterocycles. The van der Waals surface area contributed by atoms with E-state index in [2.05, 4.69) is 39.1 Å². The second-order valence-electron chi connectivity index (χ2n) is 10.1. The summed E-state index contributed by atoms with van der Waals surface area (Å²) in [6.45, 7) is 11.1. The average Bonchev–Trinajstić information content (AvgIpc) is 3.04. The van der Waals surface area contributed by atoms with Gasteiger partial charge in [0.15, 0.2) is 11.5 Å². The van der Waals surface area contributed by atoms with Crippen LogP contribution in [0.4, 0.5) is 20.3 Å². The Balaban J connectivity index is 1.78.